The molecule has 0 bridgehead atoms. The molecule has 0 aliphatic heterocycles. The van der Waals surface area contributed by atoms with E-state index in [4.69, 9.17) is 5.11 Å². The van der Waals surface area contributed by atoms with Crippen molar-refractivity contribution in [3.63, 3.8) is 0 Å². The fraction of sp³-hybridized carbons (Fsp3) is 0.333. The molecule has 0 fully saturated rings. The summed E-state index contributed by atoms with van der Waals surface area (Å²) >= 11 is 0. The summed E-state index contributed by atoms with van der Waals surface area (Å²) in [5.74, 6) is -1.43. The van der Waals surface area contributed by atoms with Crippen LogP contribution in [-0.4, -0.2) is 54.5 Å². The monoisotopic (exact) mass is 281 g/mol. The second kappa shape index (κ2) is 6.00. The smallest absolute Gasteiger partial charge is 0.323 e. The van der Waals surface area contributed by atoms with Gasteiger partial charge in [-0.05, 0) is 12.1 Å². The van der Waals surface area contributed by atoms with E-state index in [0.29, 0.717) is 0 Å². The molecule has 108 valence electrons. The zero-order valence-electron chi connectivity index (χ0n) is 11.4. The minimum Gasteiger partial charge on any atom is -0.480 e. The summed E-state index contributed by atoms with van der Waals surface area (Å²) in [4.78, 5) is 35.4. The zero-order valence-corrected chi connectivity index (χ0v) is 11.4. The number of nitro groups is 1. The number of carbonyl (C=O) groups is 2. The highest BCUT2D eigenvalue weighted by Gasteiger charge is 2.21. The van der Waals surface area contributed by atoms with Crippen molar-refractivity contribution in [1.82, 2.24) is 4.90 Å². The average molecular weight is 281 g/mol. The van der Waals surface area contributed by atoms with Crippen molar-refractivity contribution in [2.45, 2.75) is 0 Å². The van der Waals surface area contributed by atoms with Gasteiger partial charge in [-0.2, -0.15) is 0 Å². The molecule has 0 heterocycles. The zero-order chi connectivity index (χ0) is 15.4. The van der Waals surface area contributed by atoms with Gasteiger partial charge in [0.1, 0.15) is 12.2 Å². The van der Waals surface area contributed by atoms with Gasteiger partial charge in [0.2, 0.25) is 0 Å². The van der Waals surface area contributed by atoms with Gasteiger partial charge in [-0.15, -0.1) is 0 Å². The van der Waals surface area contributed by atoms with E-state index in [9.17, 15) is 19.7 Å². The maximum absolute atomic E-state index is 11.8. The molecule has 0 aromatic heterocycles. The Hall–Kier alpha value is -2.64. The van der Waals surface area contributed by atoms with E-state index in [-0.39, 0.29) is 22.8 Å². The van der Waals surface area contributed by atoms with Gasteiger partial charge in [0, 0.05) is 32.8 Å². The first kappa shape index (κ1) is 15.4. The standard InChI is InChI=1S/C12H15N3O5/c1-13(2)12(18)8-4-5-9(15(19)20)10(6-8)14(3)7-11(16)17/h4-6H,7H2,1-3H3,(H,16,17). The van der Waals surface area contributed by atoms with Crippen molar-refractivity contribution < 1.29 is 19.6 Å². The summed E-state index contributed by atoms with van der Waals surface area (Å²) in [6.45, 7) is -0.402. The van der Waals surface area contributed by atoms with Crippen LogP contribution in [0.4, 0.5) is 11.4 Å². The number of carbonyl (C=O) groups excluding carboxylic acids is 1. The number of carboxylic acids is 1. The number of aliphatic carboxylic acids is 1. The molecule has 20 heavy (non-hydrogen) atoms. The third kappa shape index (κ3) is 3.44. The van der Waals surface area contributed by atoms with Crippen LogP contribution in [0.25, 0.3) is 0 Å². The van der Waals surface area contributed by atoms with Gasteiger partial charge in [0.05, 0.1) is 4.92 Å². The lowest BCUT2D eigenvalue weighted by molar-refractivity contribution is -0.384. The van der Waals surface area contributed by atoms with Gasteiger partial charge >= 0.3 is 5.97 Å². The quantitative estimate of drug-likeness (QED) is 0.633. The number of likely N-dealkylation sites (N-methyl/N-ethyl adjacent to an activating group) is 1. The molecule has 1 N–H and O–H groups in total. The van der Waals surface area contributed by atoms with Crippen LogP contribution in [0.1, 0.15) is 10.4 Å². The number of amides is 1. The molecular formula is C12H15N3O5. The molecule has 0 aliphatic carbocycles. The molecule has 0 aliphatic rings. The Bertz CT molecular complexity index is 556. The number of nitrogens with zero attached hydrogens (tertiary/aromatic N) is 3. The lowest BCUT2D eigenvalue weighted by Crippen LogP contribution is -2.27. The number of benzene rings is 1. The van der Waals surface area contributed by atoms with E-state index < -0.39 is 17.4 Å². The van der Waals surface area contributed by atoms with Crippen LogP contribution in [0.15, 0.2) is 18.2 Å². The highest BCUT2D eigenvalue weighted by atomic mass is 16.6. The van der Waals surface area contributed by atoms with E-state index in [1.807, 2.05) is 0 Å². The first-order valence-corrected chi connectivity index (χ1v) is 5.67. The first-order valence-electron chi connectivity index (χ1n) is 5.67. The van der Waals surface area contributed by atoms with E-state index in [2.05, 4.69) is 0 Å². The Morgan fingerprint density at radius 2 is 1.90 bits per heavy atom. The summed E-state index contributed by atoms with van der Waals surface area (Å²) in [6.07, 6.45) is 0. The predicted octanol–water partition coefficient (Wildman–Crippen LogP) is 0.817. The van der Waals surface area contributed by atoms with Crippen LogP contribution in [0.2, 0.25) is 0 Å². The summed E-state index contributed by atoms with van der Waals surface area (Å²) in [6, 6.07) is 3.87. The highest BCUT2D eigenvalue weighted by Crippen LogP contribution is 2.28. The lowest BCUT2D eigenvalue weighted by Gasteiger charge is -2.18. The third-order valence-electron chi connectivity index (χ3n) is 2.61. The molecule has 1 amide bonds. The highest BCUT2D eigenvalue weighted by molar-refractivity contribution is 5.95. The largest absolute Gasteiger partial charge is 0.480 e. The Labute approximate surface area is 115 Å². The molecule has 1 rings (SSSR count). The Morgan fingerprint density at radius 3 is 2.35 bits per heavy atom. The average Bonchev–Trinajstić information content (AvgIpc) is 2.35. The normalized spacial score (nSPS) is 9.95. The molecule has 8 heteroatoms. The molecule has 0 radical (unpaired) electrons. The van der Waals surface area contributed by atoms with Crippen molar-refractivity contribution in [3.05, 3.63) is 33.9 Å². The maximum atomic E-state index is 11.8. The summed E-state index contributed by atoms with van der Waals surface area (Å²) < 4.78 is 0. The van der Waals surface area contributed by atoms with Gasteiger partial charge in [0.25, 0.3) is 11.6 Å². The van der Waals surface area contributed by atoms with E-state index in [1.165, 1.54) is 35.0 Å². The number of carboxylic acid groups (broad SMARTS) is 1. The van der Waals surface area contributed by atoms with Crippen LogP contribution >= 0.6 is 0 Å². The molecule has 0 saturated carbocycles. The number of rotatable bonds is 5. The predicted molar refractivity (Wildman–Crippen MR) is 72.0 cm³/mol. The van der Waals surface area contributed by atoms with Crippen molar-refractivity contribution in [2.24, 2.45) is 0 Å². The van der Waals surface area contributed by atoms with Crippen molar-refractivity contribution >= 4 is 23.3 Å². The van der Waals surface area contributed by atoms with Crippen LogP contribution in [0, 0.1) is 10.1 Å². The Balaban J connectivity index is 3.28. The van der Waals surface area contributed by atoms with Crippen molar-refractivity contribution in [3.8, 4) is 0 Å². The lowest BCUT2D eigenvalue weighted by atomic mass is 10.1. The van der Waals surface area contributed by atoms with Crippen LogP contribution in [-0.2, 0) is 4.79 Å². The van der Waals surface area contributed by atoms with Crippen LogP contribution < -0.4 is 4.90 Å². The van der Waals surface area contributed by atoms with E-state index in [1.54, 1.807) is 14.1 Å². The number of hydrogen-bond donors (Lipinski definition) is 1. The van der Waals surface area contributed by atoms with Gasteiger partial charge in [-0.1, -0.05) is 0 Å². The van der Waals surface area contributed by atoms with Crippen LogP contribution in [0.5, 0.6) is 0 Å². The van der Waals surface area contributed by atoms with Gasteiger partial charge in [0.15, 0.2) is 0 Å². The Kier molecular flexibility index (Phi) is 4.63. The van der Waals surface area contributed by atoms with Gasteiger partial charge in [-0.25, -0.2) is 0 Å². The van der Waals surface area contributed by atoms with Gasteiger partial charge in [-0.3, -0.25) is 19.7 Å². The molecule has 8 nitrogen and oxygen atoms in total. The second-order valence-electron chi connectivity index (χ2n) is 4.41. The van der Waals surface area contributed by atoms with Gasteiger partial charge < -0.3 is 14.9 Å². The molecule has 1 aromatic carbocycles. The van der Waals surface area contributed by atoms with Crippen molar-refractivity contribution in [1.29, 1.82) is 0 Å². The SMILES string of the molecule is CN(C)C(=O)c1ccc([N+](=O)[O-])c(N(C)CC(=O)O)c1. The topological polar surface area (TPSA) is 104 Å². The summed E-state index contributed by atoms with van der Waals surface area (Å²) in [7, 11) is 4.54. The minimum atomic E-state index is -1.12. The third-order valence-corrected chi connectivity index (χ3v) is 2.61. The molecule has 0 atom stereocenters. The number of anilines is 1. The maximum Gasteiger partial charge on any atom is 0.323 e. The van der Waals surface area contributed by atoms with Crippen LogP contribution in [0.3, 0.4) is 0 Å². The van der Waals surface area contributed by atoms with E-state index >= 15 is 0 Å². The molecule has 0 spiro atoms. The summed E-state index contributed by atoms with van der Waals surface area (Å²) in [5, 5.41) is 19.7. The van der Waals surface area contributed by atoms with E-state index in [0.717, 1.165) is 0 Å². The van der Waals surface area contributed by atoms with Crippen molar-refractivity contribution in [2.75, 3.05) is 32.6 Å². The fourth-order valence-electron chi connectivity index (χ4n) is 1.66. The number of nitro benzene ring substituents is 1. The second-order valence-corrected chi connectivity index (χ2v) is 4.41. The fourth-order valence-corrected chi connectivity index (χ4v) is 1.66. The molecule has 0 saturated heterocycles. The molecule has 1 aromatic rings. The molecular weight excluding hydrogens is 266 g/mol. The first-order chi connectivity index (χ1) is 9.23. The molecule has 0 unspecified atom stereocenters. The minimum absolute atomic E-state index is 0.0881. The summed E-state index contributed by atoms with van der Waals surface area (Å²) in [5.41, 5.74) is 0.0991. The Morgan fingerprint density at radius 1 is 1.30 bits per heavy atom. The number of hydrogen-bond acceptors (Lipinski definition) is 5.